The molecule has 1 saturated heterocycles. The number of benzene rings is 1. The third-order valence-electron chi connectivity index (χ3n) is 5.29. The van der Waals surface area contributed by atoms with Crippen molar-refractivity contribution in [1.82, 2.24) is 20.1 Å². The Labute approximate surface area is 199 Å². The molecule has 0 bridgehead atoms. The van der Waals surface area contributed by atoms with Crippen LogP contribution in [0.15, 0.2) is 60.3 Å². The first-order valence-electron chi connectivity index (χ1n) is 10.7. The van der Waals surface area contributed by atoms with Crippen LogP contribution in [0.5, 0.6) is 17.5 Å². The first-order valence-corrected chi connectivity index (χ1v) is 10.7. The molecule has 3 aromatic rings. The minimum Gasteiger partial charge on any atom is -0.480 e. The second-order valence-corrected chi connectivity index (χ2v) is 7.74. The number of halogens is 3. The Morgan fingerprint density at radius 2 is 1.83 bits per heavy atom. The maximum atomic E-state index is 12.7. The Hall–Kier alpha value is -4.15. The maximum Gasteiger partial charge on any atom is 0.417 e. The zero-order chi connectivity index (χ0) is 24.8. The van der Waals surface area contributed by atoms with Crippen molar-refractivity contribution in [2.24, 2.45) is 0 Å². The number of alkyl halides is 3. The highest BCUT2D eigenvalue weighted by molar-refractivity contribution is 5.88. The zero-order valence-corrected chi connectivity index (χ0v) is 18.7. The van der Waals surface area contributed by atoms with Crippen molar-refractivity contribution < 1.29 is 27.4 Å². The number of amides is 2. The molecule has 2 amide bonds. The van der Waals surface area contributed by atoms with Gasteiger partial charge in [-0.25, -0.2) is 9.78 Å². The summed E-state index contributed by atoms with van der Waals surface area (Å²) in [6.07, 6.45) is -0.276. The third-order valence-corrected chi connectivity index (χ3v) is 5.29. The first-order chi connectivity index (χ1) is 16.8. The molecule has 8 nitrogen and oxygen atoms in total. The third kappa shape index (κ3) is 6.46. The summed E-state index contributed by atoms with van der Waals surface area (Å²) >= 11 is 0. The zero-order valence-electron chi connectivity index (χ0n) is 18.7. The van der Waals surface area contributed by atoms with Gasteiger partial charge in [0.05, 0.1) is 12.7 Å². The van der Waals surface area contributed by atoms with Crippen LogP contribution in [0.4, 0.5) is 23.8 Å². The van der Waals surface area contributed by atoms with Crippen LogP contribution in [0.2, 0.25) is 0 Å². The summed E-state index contributed by atoms with van der Waals surface area (Å²) in [4.78, 5) is 17.9. The molecule has 1 fully saturated rings. The van der Waals surface area contributed by atoms with Crippen LogP contribution in [0.3, 0.4) is 0 Å². The Morgan fingerprint density at radius 3 is 2.46 bits per heavy atom. The summed E-state index contributed by atoms with van der Waals surface area (Å²) in [6, 6.07) is 12.3. The van der Waals surface area contributed by atoms with Gasteiger partial charge < -0.3 is 14.4 Å². The van der Waals surface area contributed by atoms with Crippen LogP contribution in [-0.4, -0.2) is 46.3 Å². The normalized spacial score (nSPS) is 13.8. The molecular weight excluding hydrogens is 463 g/mol. The molecule has 0 atom stereocenters. The van der Waals surface area contributed by atoms with Gasteiger partial charge in [0, 0.05) is 31.4 Å². The fourth-order valence-corrected chi connectivity index (χ4v) is 3.46. The fourth-order valence-electron chi connectivity index (χ4n) is 3.46. The van der Waals surface area contributed by atoms with Crippen LogP contribution < -0.4 is 14.8 Å². The number of urea groups is 1. The number of carbonyl (C=O) groups excluding carboxylic acids is 1. The van der Waals surface area contributed by atoms with Gasteiger partial charge in [0.1, 0.15) is 5.75 Å². The van der Waals surface area contributed by atoms with E-state index in [1.54, 1.807) is 35.2 Å². The Kier molecular flexibility index (Phi) is 7.14. The number of likely N-dealkylation sites (tertiary alicyclic amines) is 1. The van der Waals surface area contributed by atoms with Crippen molar-refractivity contribution in [2.45, 2.75) is 19.0 Å². The largest absolute Gasteiger partial charge is 0.480 e. The monoisotopic (exact) mass is 485 g/mol. The number of hydrogen-bond donors (Lipinski definition) is 1. The van der Waals surface area contributed by atoms with Crippen LogP contribution >= 0.6 is 0 Å². The molecule has 0 radical (unpaired) electrons. The van der Waals surface area contributed by atoms with E-state index in [-0.39, 0.29) is 11.9 Å². The Balaban J connectivity index is 1.32. The van der Waals surface area contributed by atoms with Gasteiger partial charge in [-0.05, 0) is 42.7 Å². The van der Waals surface area contributed by atoms with E-state index >= 15 is 0 Å². The highest BCUT2D eigenvalue weighted by atomic mass is 19.4. The molecule has 0 saturated carbocycles. The van der Waals surface area contributed by atoms with E-state index in [1.807, 2.05) is 12.1 Å². The fraction of sp³-hybridized carbons (Fsp3) is 0.250. The molecule has 35 heavy (non-hydrogen) atoms. The number of methoxy groups -OCH3 is 1. The van der Waals surface area contributed by atoms with Crippen molar-refractivity contribution in [3.63, 3.8) is 0 Å². The van der Waals surface area contributed by atoms with Gasteiger partial charge in [0.2, 0.25) is 11.8 Å². The molecule has 0 aliphatic carbocycles. The van der Waals surface area contributed by atoms with E-state index in [2.05, 4.69) is 20.5 Å². The molecule has 182 valence electrons. The lowest BCUT2D eigenvalue weighted by atomic mass is 10.0. The van der Waals surface area contributed by atoms with E-state index in [4.69, 9.17) is 9.47 Å². The SMILES string of the molecule is COc1ccc(NC(=O)N2CCC(=Cc3cccc(Oc4ccc(C(F)(F)F)cn4)c3)CC2)nn1. The van der Waals surface area contributed by atoms with Crippen molar-refractivity contribution >= 4 is 17.9 Å². The highest BCUT2D eigenvalue weighted by Gasteiger charge is 2.30. The number of carbonyl (C=O) groups is 1. The average Bonchev–Trinajstić information content (AvgIpc) is 2.85. The maximum absolute atomic E-state index is 12.7. The number of aromatic nitrogens is 3. The van der Waals surface area contributed by atoms with Crippen molar-refractivity contribution in [3.05, 3.63) is 71.4 Å². The number of anilines is 1. The molecular formula is C24H22F3N5O3. The van der Waals surface area contributed by atoms with Gasteiger partial charge in [-0.3, -0.25) is 5.32 Å². The van der Waals surface area contributed by atoms with Crippen LogP contribution in [0.1, 0.15) is 24.0 Å². The van der Waals surface area contributed by atoms with Gasteiger partial charge in [-0.2, -0.15) is 13.2 Å². The molecule has 1 aliphatic heterocycles. The molecule has 1 aromatic carbocycles. The van der Waals surface area contributed by atoms with Crippen LogP contribution in [0, 0.1) is 0 Å². The quantitative estimate of drug-likeness (QED) is 0.520. The first kappa shape index (κ1) is 24.0. The van der Waals surface area contributed by atoms with Gasteiger partial charge >= 0.3 is 12.2 Å². The van der Waals surface area contributed by atoms with Gasteiger partial charge in [-0.1, -0.05) is 23.8 Å². The van der Waals surface area contributed by atoms with E-state index in [0.717, 1.165) is 17.8 Å². The van der Waals surface area contributed by atoms with Crippen molar-refractivity contribution in [3.8, 4) is 17.5 Å². The van der Waals surface area contributed by atoms with Gasteiger partial charge in [0.25, 0.3) is 0 Å². The average molecular weight is 485 g/mol. The topological polar surface area (TPSA) is 89.5 Å². The number of piperidine rings is 1. The summed E-state index contributed by atoms with van der Waals surface area (Å²) in [6.45, 7) is 1.10. The molecule has 11 heteroatoms. The lowest BCUT2D eigenvalue weighted by molar-refractivity contribution is -0.137. The van der Waals surface area contributed by atoms with Crippen LogP contribution in [-0.2, 0) is 6.18 Å². The molecule has 3 heterocycles. The second kappa shape index (κ2) is 10.4. The molecule has 4 rings (SSSR count). The molecule has 1 aliphatic rings. The van der Waals surface area contributed by atoms with Crippen molar-refractivity contribution in [2.75, 3.05) is 25.5 Å². The predicted molar refractivity (Wildman–Crippen MR) is 122 cm³/mol. The highest BCUT2D eigenvalue weighted by Crippen LogP contribution is 2.30. The minimum absolute atomic E-state index is 0.0728. The number of pyridine rings is 1. The van der Waals surface area contributed by atoms with Gasteiger partial charge in [-0.15, -0.1) is 10.2 Å². The van der Waals surface area contributed by atoms with Crippen LogP contribution in [0.25, 0.3) is 6.08 Å². The summed E-state index contributed by atoms with van der Waals surface area (Å²) in [5.74, 6) is 1.24. The number of hydrogen-bond acceptors (Lipinski definition) is 6. The van der Waals surface area contributed by atoms with Crippen molar-refractivity contribution in [1.29, 1.82) is 0 Å². The standard InChI is InChI=1S/C24H22F3N5O3/c1-34-22-8-6-20(30-31-22)29-23(33)32-11-9-16(10-12-32)13-17-3-2-4-19(14-17)35-21-7-5-18(15-28-21)24(25,26)27/h2-8,13-15H,9-12H2,1H3,(H,29,30,33). The number of ether oxygens (including phenoxy) is 2. The Morgan fingerprint density at radius 1 is 1.06 bits per heavy atom. The predicted octanol–water partition coefficient (Wildman–Crippen LogP) is 5.40. The summed E-state index contributed by atoms with van der Waals surface area (Å²) in [7, 11) is 1.49. The van der Waals surface area contributed by atoms with Gasteiger partial charge in [0.15, 0.2) is 5.82 Å². The van der Waals surface area contributed by atoms with E-state index in [9.17, 15) is 18.0 Å². The molecule has 1 N–H and O–H groups in total. The van der Waals surface area contributed by atoms with E-state index in [0.29, 0.717) is 43.4 Å². The Bertz CT molecular complexity index is 1190. The summed E-state index contributed by atoms with van der Waals surface area (Å²) in [5, 5.41) is 10.4. The summed E-state index contributed by atoms with van der Waals surface area (Å²) in [5.41, 5.74) is 1.22. The minimum atomic E-state index is -4.45. The van der Waals surface area contributed by atoms with E-state index in [1.165, 1.54) is 18.7 Å². The summed E-state index contributed by atoms with van der Waals surface area (Å²) < 4.78 is 48.6. The second-order valence-electron chi connectivity index (χ2n) is 7.74. The lowest BCUT2D eigenvalue weighted by Crippen LogP contribution is -2.39. The smallest absolute Gasteiger partial charge is 0.417 e. The molecule has 0 unspecified atom stereocenters. The lowest BCUT2D eigenvalue weighted by Gasteiger charge is -2.28. The number of nitrogens with one attached hydrogen (secondary N) is 1. The van der Waals surface area contributed by atoms with E-state index < -0.39 is 11.7 Å². The number of nitrogens with zero attached hydrogens (tertiary/aromatic N) is 4. The molecule has 2 aromatic heterocycles. The number of rotatable bonds is 5. The molecule has 0 spiro atoms.